The molecule has 2 aromatic rings. The van der Waals surface area contributed by atoms with Gasteiger partial charge in [-0.3, -0.25) is 0 Å². The molecule has 0 N–H and O–H groups in total. The largest absolute Gasteiger partial charge is 0.303 e. The minimum atomic E-state index is 0.821. The Kier molecular flexibility index (Phi) is 2.59. The number of pyridine rings is 1. The summed E-state index contributed by atoms with van der Waals surface area (Å²) in [6, 6.07) is 4.20. The van der Waals surface area contributed by atoms with Crippen molar-refractivity contribution >= 4 is 21.4 Å². The molecule has 14 heavy (non-hydrogen) atoms. The van der Waals surface area contributed by atoms with Crippen molar-refractivity contribution < 1.29 is 0 Å². The van der Waals surface area contributed by atoms with Crippen LogP contribution in [0.3, 0.4) is 0 Å². The van der Waals surface area contributed by atoms with Gasteiger partial charge >= 0.3 is 0 Å². The highest BCUT2D eigenvalue weighted by Gasteiger charge is 2.09. The minimum absolute atomic E-state index is 0.821. The SMILES string of the molecule is CCc1nc(CBr)c2c(C)cccn12. The van der Waals surface area contributed by atoms with E-state index in [9.17, 15) is 0 Å². The maximum Gasteiger partial charge on any atom is 0.113 e. The molecule has 74 valence electrons. The zero-order chi connectivity index (χ0) is 10.1. The van der Waals surface area contributed by atoms with E-state index < -0.39 is 0 Å². The molecular weight excluding hydrogens is 240 g/mol. The van der Waals surface area contributed by atoms with Crippen LogP contribution in [0.2, 0.25) is 0 Å². The van der Waals surface area contributed by atoms with Crippen molar-refractivity contribution in [3.8, 4) is 0 Å². The Morgan fingerprint density at radius 3 is 2.93 bits per heavy atom. The summed E-state index contributed by atoms with van der Waals surface area (Å²) in [5, 5.41) is 0.821. The van der Waals surface area contributed by atoms with Crippen LogP contribution in [-0.2, 0) is 11.8 Å². The van der Waals surface area contributed by atoms with Crippen molar-refractivity contribution in [2.24, 2.45) is 0 Å². The van der Waals surface area contributed by atoms with Gasteiger partial charge in [0.05, 0.1) is 11.2 Å². The molecule has 0 fully saturated rings. The second kappa shape index (κ2) is 3.73. The van der Waals surface area contributed by atoms with Gasteiger partial charge in [-0.15, -0.1) is 0 Å². The van der Waals surface area contributed by atoms with E-state index in [0.29, 0.717) is 0 Å². The summed E-state index contributed by atoms with van der Waals surface area (Å²) in [6.07, 6.45) is 3.05. The molecule has 3 heteroatoms. The number of imidazole rings is 1. The van der Waals surface area contributed by atoms with E-state index in [-0.39, 0.29) is 0 Å². The number of nitrogens with zero attached hydrogens (tertiary/aromatic N) is 2. The summed E-state index contributed by atoms with van der Waals surface area (Å²) in [4.78, 5) is 4.60. The number of halogens is 1. The number of hydrogen-bond acceptors (Lipinski definition) is 1. The van der Waals surface area contributed by atoms with Crippen molar-refractivity contribution in [3.05, 3.63) is 35.4 Å². The zero-order valence-corrected chi connectivity index (χ0v) is 10.0. The number of fused-ring (bicyclic) bond motifs is 1. The zero-order valence-electron chi connectivity index (χ0n) is 8.42. The van der Waals surface area contributed by atoms with Crippen LogP contribution in [0.15, 0.2) is 18.3 Å². The summed E-state index contributed by atoms with van der Waals surface area (Å²) >= 11 is 3.48. The summed E-state index contributed by atoms with van der Waals surface area (Å²) < 4.78 is 2.19. The second-order valence-electron chi connectivity index (χ2n) is 3.37. The van der Waals surface area contributed by atoms with Crippen LogP contribution in [0.5, 0.6) is 0 Å². The maximum absolute atomic E-state index is 4.60. The van der Waals surface area contributed by atoms with Crippen LogP contribution >= 0.6 is 15.9 Å². The lowest BCUT2D eigenvalue weighted by Gasteiger charge is -2.00. The number of aromatic nitrogens is 2. The molecule has 0 aliphatic heterocycles. The third-order valence-electron chi connectivity index (χ3n) is 2.45. The Morgan fingerprint density at radius 2 is 2.29 bits per heavy atom. The maximum atomic E-state index is 4.60. The summed E-state index contributed by atoms with van der Waals surface area (Å²) in [5.41, 5.74) is 3.68. The van der Waals surface area contributed by atoms with Crippen LogP contribution in [0.25, 0.3) is 5.52 Å². The molecule has 0 amide bonds. The third kappa shape index (κ3) is 1.36. The predicted octanol–water partition coefficient (Wildman–Crippen LogP) is 3.10. The van der Waals surface area contributed by atoms with E-state index in [1.165, 1.54) is 11.1 Å². The molecule has 0 spiro atoms. The van der Waals surface area contributed by atoms with Gasteiger partial charge in [-0.05, 0) is 18.6 Å². The monoisotopic (exact) mass is 252 g/mol. The molecule has 0 aromatic carbocycles. The lowest BCUT2D eigenvalue weighted by molar-refractivity contribution is 0.927. The Bertz CT molecular complexity index is 460. The molecule has 2 nitrogen and oxygen atoms in total. The number of aryl methyl sites for hydroxylation is 2. The summed E-state index contributed by atoms with van der Waals surface area (Å²) in [5.74, 6) is 1.14. The van der Waals surface area contributed by atoms with Crippen LogP contribution < -0.4 is 0 Å². The number of rotatable bonds is 2. The van der Waals surface area contributed by atoms with Gasteiger partial charge in [-0.25, -0.2) is 4.98 Å². The Balaban J connectivity index is 2.82. The molecule has 0 saturated heterocycles. The molecule has 0 atom stereocenters. The van der Waals surface area contributed by atoms with E-state index in [2.05, 4.69) is 57.5 Å². The first-order chi connectivity index (χ1) is 6.77. The fraction of sp³-hybridized carbons (Fsp3) is 0.364. The summed E-state index contributed by atoms with van der Waals surface area (Å²) in [7, 11) is 0. The van der Waals surface area contributed by atoms with Crippen molar-refractivity contribution in [1.29, 1.82) is 0 Å². The van der Waals surface area contributed by atoms with Crippen LogP contribution in [-0.4, -0.2) is 9.38 Å². The number of alkyl halides is 1. The average Bonchev–Trinajstić information content (AvgIpc) is 2.57. The molecule has 0 saturated carbocycles. The van der Waals surface area contributed by atoms with Gasteiger partial charge in [0.25, 0.3) is 0 Å². The lowest BCUT2D eigenvalue weighted by Crippen LogP contribution is -1.92. The highest BCUT2D eigenvalue weighted by Crippen LogP contribution is 2.19. The normalized spacial score (nSPS) is 11.1. The Hall–Kier alpha value is -0.830. The van der Waals surface area contributed by atoms with E-state index >= 15 is 0 Å². The van der Waals surface area contributed by atoms with Crippen LogP contribution in [0, 0.1) is 6.92 Å². The van der Waals surface area contributed by atoms with Gasteiger partial charge in [0, 0.05) is 17.9 Å². The van der Waals surface area contributed by atoms with E-state index in [0.717, 1.165) is 23.3 Å². The molecule has 2 rings (SSSR count). The fourth-order valence-corrected chi connectivity index (χ4v) is 2.19. The van der Waals surface area contributed by atoms with Crippen molar-refractivity contribution in [3.63, 3.8) is 0 Å². The van der Waals surface area contributed by atoms with Gasteiger partial charge < -0.3 is 4.40 Å². The molecule has 0 aliphatic rings. The van der Waals surface area contributed by atoms with Crippen molar-refractivity contribution in [2.45, 2.75) is 25.6 Å². The van der Waals surface area contributed by atoms with Crippen LogP contribution in [0.1, 0.15) is 24.0 Å². The molecule has 2 aromatic heterocycles. The highest BCUT2D eigenvalue weighted by atomic mass is 79.9. The standard InChI is InChI=1S/C11H13BrN2/c1-3-10-13-9(7-12)11-8(2)5-4-6-14(10)11/h4-6H,3,7H2,1-2H3. The van der Waals surface area contributed by atoms with E-state index in [4.69, 9.17) is 0 Å². The van der Waals surface area contributed by atoms with E-state index in [1.807, 2.05) is 0 Å². The van der Waals surface area contributed by atoms with Gasteiger partial charge in [0.1, 0.15) is 5.82 Å². The smallest absolute Gasteiger partial charge is 0.113 e. The molecule has 0 unspecified atom stereocenters. The second-order valence-corrected chi connectivity index (χ2v) is 3.93. The Morgan fingerprint density at radius 1 is 1.50 bits per heavy atom. The highest BCUT2D eigenvalue weighted by molar-refractivity contribution is 9.08. The third-order valence-corrected chi connectivity index (χ3v) is 2.99. The molecule has 0 radical (unpaired) electrons. The van der Waals surface area contributed by atoms with Gasteiger partial charge in [-0.2, -0.15) is 0 Å². The molecule has 0 aliphatic carbocycles. The first-order valence-electron chi connectivity index (χ1n) is 4.79. The Labute approximate surface area is 92.1 Å². The van der Waals surface area contributed by atoms with Gasteiger partial charge in [0.2, 0.25) is 0 Å². The molecular formula is C11H13BrN2. The predicted molar refractivity (Wildman–Crippen MR) is 61.9 cm³/mol. The van der Waals surface area contributed by atoms with Gasteiger partial charge in [-0.1, -0.05) is 28.9 Å². The fourth-order valence-electron chi connectivity index (χ4n) is 1.80. The van der Waals surface area contributed by atoms with Crippen molar-refractivity contribution in [1.82, 2.24) is 9.38 Å². The quantitative estimate of drug-likeness (QED) is 0.752. The lowest BCUT2D eigenvalue weighted by atomic mass is 10.2. The molecule has 2 heterocycles. The van der Waals surface area contributed by atoms with Crippen molar-refractivity contribution in [2.75, 3.05) is 0 Å². The minimum Gasteiger partial charge on any atom is -0.303 e. The summed E-state index contributed by atoms with van der Waals surface area (Å²) in [6.45, 7) is 4.26. The van der Waals surface area contributed by atoms with E-state index in [1.54, 1.807) is 0 Å². The first kappa shape index (κ1) is 9.71. The first-order valence-corrected chi connectivity index (χ1v) is 5.91. The van der Waals surface area contributed by atoms with Gasteiger partial charge in [0.15, 0.2) is 0 Å². The number of hydrogen-bond donors (Lipinski definition) is 0. The average molecular weight is 253 g/mol. The topological polar surface area (TPSA) is 17.3 Å². The van der Waals surface area contributed by atoms with Crippen LogP contribution in [0.4, 0.5) is 0 Å². The molecule has 0 bridgehead atoms.